The standard InChI is InChI=1S/C25H25NO5S/c1-17(18-8-6-5-7-9-18)30-20-12-15-23(22(16-20)26(28)29)32-21-13-10-19(11-14-21)24(27)31-25(2,3)4/h5-17H,1-4H3. The quantitative estimate of drug-likeness (QED) is 0.222. The molecule has 0 bridgehead atoms. The third kappa shape index (κ3) is 6.34. The fourth-order valence-electron chi connectivity index (χ4n) is 2.92. The second kappa shape index (κ2) is 9.87. The van der Waals surface area contributed by atoms with Crippen molar-refractivity contribution in [3.05, 3.63) is 94.0 Å². The first kappa shape index (κ1) is 23.3. The summed E-state index contributed by atoms with van der Waals surface area (Å²) < 4.78 is 11.3. The number of carbonyl (C=O) groups excluding carboxylic acids is 1. The van der Waals surface area contributed by atoms with Crippen molar-refractivity contribution in [2.24, 2.45) is 0 Å². The molecule has 0 amide bonds. The molecule has 0 aromatic heterocycles. The van der Waals surface area contributed by atoms with E-state index in [1.165, 1.54) is 17.8 Å². The molecule has 0 N–H and O–H groups in total. The van der Waals surface area contributed by atoms with Crippen molar-refractivity contribution < 1.29 is 19.2 Å². The van der Waals surface area contributed by atoms with Crippen LogP contribution in [0, 0.1) is 10.1 Å². The zero-order valence-electron chi connectivity index (χ0n) is 18.4. The monoisotopic (exact) mass is 451 g/mol. The molecule has 166 valence electrons. The van der Waals surface area contributed by atoms with Gasteiger partial charge < -0.3 is 9.47 Å². The number of hydrogen-bond donors (Lipinski definition) is 0. The number of carbonyl (C=O) groups is 1. The summed E-state index contributed by atoms with van der Waals surface area (Å²) in [6.07, 6.45) is -0.241. The number of nitro groups is 1. The van der Waals surface area contributed by atoms with Gasteiger partial charge in [-0.25, -0.2) is 4.79 Å². The summed E-state index contributed by atoms with van der Waals surface area (Å²) >= 11 is 1.25. The van der Waals surface area contributed by atoms with Gasteiger partial charge in [-0.2, -0.15) is 0 Å². The molecule has 0 spiro atoms. The third-order valence-corrected chi connectivity index (χ3v) is 5.50. The highest BCUT2D eigenvalue weighted by atomic mass is 32.2. The lowest BCUT2D eigenvalue weighted by atomic mass is 10.1. The fourth-order valence-corrected chi connectivity index (χ4v) is 3.82. The summed E-state index contributed by atoms with van der Waals surface area (Å²) in [6.45, 7) is 7.32. The van der Waals surface area contributed by atoms with Gasteiger partial charge in [0, 0.05) is 4.90 Å². The number of benzene rings is 3. The van der Waals surface area contributed by atoms with Crippen LogP contribution in [0.3, 0.4) is 0 Å². The summed E-state index contributed by atoms with van der Waals surface area (Å²) in [5.74, 6) is 0.0201. The first-order valence-electron chi connectivity index (χ1n) is 10.1. The van der Waals surface area contributed by atoms with Gasteiger partial charge in [-0.15, -0.1) is 0 Å². The van der Waals surface area contributed by atoms with E-state index in [1.807, 2.05) is 58.0 Å². The topological polar surface area (TPSA) is 78.7 Å². The van der Waals surface area contributed by atoms with E-state index in [1.54, 1.807) is 36.4 Å². The van der Waals surface area contributed by atoms with Crippen LogP contribution < -0.4 is 4.74 Å². The Hall–Kier alpha value is -3.32. The molecule has 0 heterocycles. The minimum Gasteiger partial charge on any atom is -0.486 e. The first-order valence-corrected chi connectivity index (χ1v) is 11.0. The van der Waals surface area contributed by atoms with Crippen molar-refractivity contribution in [3.63, 3.8) is 0 Å². The summed E-state index contributed by atoms with van der Waals surface area (Å²) in [6, 6.07) is 21.3. The maximum absolute atomic E-state index is 12.2. The molecule has 6 nitrogen and oxygen atoms in total. The molecule has 0 aliphatic rings. The smallest absolute Gasteiger partial charge is 0.338 e. The zero-order valence-corrected chi connectivity index (χ0v) is 19.2. The average Bonchev–Trinajstić information content (AvgIpc) is 2.74. The van der Waals surface area contributed by atoms with Crippen LogP contribution in [0.25, 0.3) is 0 Å². The lowest BCUT2D eigenvalue weighted by Gasteiger charge is -2.19. The van der Waals surface area contributed by atoms with Crippen LogP contribution >= 0.6 is 11.8 Å². The highest BCUT2D eigenvalue weighted by molar-refractivity contribution is 7.99. The Balaban J connectivity index is 1.75. The molecule has 3 aromatic carbocycles. The van der Waals surface area contributed by atoms with Crippen LogP contribution in [-0.2, 0) is 4.74 Å². The van der Waals surface area contributed by atoms with E-state index in [2.05, 4.69) is 0 Å². The highest BCUT2D eigenvalue weighted by Gasteiger charge is 2.20. The number of nitro benzene ring substituents is 1. The Morgan fingerprint density at radius 1 is 1.00 bits per heavy atom. The average molecular weight is 452 g/mol. The number of nitrogens with zero attached hydrogens (tertiary/aromatic N) is 1. The van der Waals surface area contributed by atoms with Crippen molar-refractivity contribution >= 4 is 23.4 Å². The van der Waals surface area contributed by atoms with Gasteiger partial charge in [-0.1, -0.05) is 42.1 Å². The minimum atomic E-state index is -0.576. The van der Waals surface area contributed by atoms with Crippen molar-refractivity contribution in [1.29, 1.82) is 0 Å². The molecule has 0 saturated heterocycles. The van der Waals surface area contributed by atoms with Crippen LogP contribution in [0.5, 0.6) is 5.75 Å². The Morgan fingerprint density at radius 3 is 2.25 bits per heavy atom. The fraction of sp³-hybridized carbons (Fsp3) is 0.240. The number of rotatable bonds is 7. The molecule has 32 heavy (non-hydrogen) atoms. The predicted octanol–water partition coefficient (Wildman–Crippen LogP) is 6.84. The van der Waals surface area contributed by atoms with Gasteiger partial charge in [0.05, 0.1) is 21.4 Å². The summed E-state index contributed by atoms with van der Waals surface area (Å²) in [7, 11) is 0. The second-order valence-corrected chi connectivity index (χ2v) is 9.30. The molecule has 3 rings (SSSR count). The van der Waals surface area contributed by atoms with Crippen molar-refractivity contribution in [1.82, 2.24) is 0 Å². The molecule has 1 atom stereocenters. The van der Waals surface area contributed by atoms with Gasteiger partial charge in [0.2, 0.25) is 0 Å². The van der Waals surface area contributed by atoms with Crippen molar-refractivity contribution in [2.45, 2.75) is 49.2 Å². The van der Waals surface area contributed by atoms with Gasteiger partial charge in [-0.05, 0) is 69.7 Å². The Bertz CT molecular complexity index is 1090. The molecule has 0 saturated carbocycles. The van der Waals surface area contributed by atoms with Crippen LogP contribution in [0.1, 0.15) is 49.7 Å². The largest absolute Gasteiger partial charge is 0.486 e. The Kier molecular flexibility index (Phi) is 7.20. The molecule has 1 unspecified atom stereocenters. The maximum atomic E-state index is 12.2. The van der Waals surface area contributed by atoms with Gasteiger partial charge >= 0.3 is 5.97 Å². The summed E-state index contributed by atoms with van der Waals surface area (Å²) in [5, 5.41) is 11.7. The van der Waals surface area contributed by atoms with Crippen LogP contribution in [0.2, 0.25) is 0 Å². The third-order valence-electron chi connectivity index (χ3n) is 4.43. The normalized spacial score (nSPS) is 12.1. The lowest BCUT2D eigenvalue weighted by Crippen LogP contribution is -2.23. The number of ether oxygens (including phenoxy) is 2. The van der Waals surface area contributed by atoms with Gasteiger partial charge in [0.25, 0.3) is 5.69 Å². The molecule has 0 aliphatic heterocycles. The van der Waals surface area contributed by atoms with Crippen molar-refractivity contribution in [2.75, 3.05) is 0 Å². The molecule has 3 aromatic rings. The molecule has 7 heteroatoms. The SMILES string of the molecule is CC(Oc1ccc(Sc2ccc(C(=O)OC(C)(C)C)cc2)c([N+](=O)[O-])c1)c1ccccc1. The first-order chi connectivity index (χ1) is 15.1. The van der Waals surface area contributed by atoms with Crippen LogP contribution in [-0.4, -0.2) is 16.5 Å². The summed E-state index contributed by atoms with van der Waals surface area (Å²) in [4.78, 5) is 24.7. The van der Waals surface area contributed by atoms with Crippen LogP contribution in [0.4, 0.5) is 5.69 Å². The van der Waals surface area contributed by atoms with E-state index in [-0.39, 0.29) is 11.8 Å². The molecular formula is C25H25NO5S. The zero-order chi connectivity index (χ0) is 23.3. The molecular weight excluding hydrogens is 426 g/mol. The highest BCUT2D eigenvalue weighted by Crippen LogP contribution is 2.38. The van der Waals surface area contributed by atoms with E-state index < -0.39 is 16.5 Å². The van der Waals surface area contributed by atoms with E-state index in [4.69, 9.17) is 9.47 Å². The Morgan fingerprint density at radius 2 is 1.66 bits per heavy atom. The molecule has 0 radical (unpaired) electrons. The van der Waals surface area contributed by atoms with Crippen molar-refractivity contribution in [3.8, 4) is 5.75 Å². The number of hydrogen-bond acceptors (Lipinski definition) is 6. The van der Waals surface area contributed by atoms with E-state index in [0.29, 0.717) is 16.2 Å². The van der Waals surface area contributed by atoms with Crippen LogP contribution in [0.15, 0.2) is 82.6 Å². The van der Waals surface area contributed by atoms with Gasteiger partial charge in [-0.3, -0.25) is 10.1 Å². The van der Waals surface area contributed by atoms with E-state index in [9.17, 15) is 14.9 Å². The van der Waals surface area contributed by atoms with E-state index >= 15 is 0 Å². The predicted molar refractivity (Wildman–Crippen MR) is 124 cm³/mol. The maximum Gasteiger partial charge on any atom is 0.338 e. The second-order valence-electron chi connectivity index (χ2n) is 8.19. The summed E-state index contributed by atoms with van der Waals surface area (Å²) in [5.41, 5.74) is 0.799. The van der Waals surface area contributed by atoms with Gasteiger partial charge in [0.1, 0.15) is 17.5 Å². The number of esters is 1. The lowest BCUT2D eigenvalue weighted by molar-refractivity contribution is -0.387. The minimum absolute atomic E-state index is 0.0380. The van der Waals surface area contributed by atoms with E-state index in [0.717, 1.165) is 10.5 Å². The Labute approximate surface area is 191 Å². The molecule has 0 fully saturated rings. The molecule has 0 aliphatic carbocycles. The van der Waals surface area contributed by atoms with Gasteiger partial charge in [0.15, 0.2) is 0 Å².